The van der Waals surface area contributed by atoms with E-state index in [4.69, 9.17) is 10.5 Å². The third kappa shape index (κ3) is 9.00. The van der Waals surface area contributed by atoms with Gasteiger partial charge in [-0.05, 0) is 38.7 Å². The molecule has 1 amide bonds. The molecule has 0 saturated carbocycles. The number of thioether (sulfide) groups is 1. The minimum absolute atomic E-state index is 0.0569. The number of ether oxygens (including phenoxy) is 1. The van der Waals surface area contributed by atoms with Crippen molar-refractivity contribution in [1.29, 1.82) is 0 Å². The fourth-order valence-corrected chi connectivity index (χ4v) is 1.60. The van der Waals surface area contributed by atoms with Crippen molar-refractivity contribution < 1.29 is 9.53 Å². The highest BCUT2D eigenvalue weighted by Crippen LogP contribution is 1.98. The minimum atomic E-state index is -0.376. The summed E-state index contributed by atoms with van der Waals surface area (Å²) in [5.41, 5.74) is 5.71. The van der Waals surface area contributed by atoms with Gasteiger partial charge in [-0.2, -0.15) is 11.8 Å². The van der Waals surface area contributed by atoms with Gasteiger partial charge in [-0.25, -0.2) is 0 Å². The Labute approximate surface area is 103 Å². The molecule has 4 nitrogen and oxygen atoms in total. The summed E-state index contributed by atoms with van der Waals surface area (Å²) < 4.78 is 5.36. The number of hydrogen-bond donors (Lipinski definition) is 2. The summed E-state index contributed by atoms with van der Waals surface area (Å²) in [6.45, 7) is 5.31. The van der Waals surface area contributed by atoms with Crippen LogP contribution in [0.3, 0.4) is 0 Å². The number of carbonyl (C=O) groups excluding carboxylic acids is 1. The summed E-state index contributed by atoms with van der Waals surface area (Å²) in [6, 6.07) is -0.376. The predicted molar refractivity (Wildman–Crippen MR) is 69.7 cm³/mol. The summed E-state index contributed by atoms with van der Waals surface area (Å²) in [5, 5.41) is 2.81. The fraction of sp³-hybridized carbons (Fsp3) is 0.909. The molecular weight excluding hydrogens is 224 g/mol. The van der Waals surface area contributed by atoms with Crippen molar-refractivity contribution in [3.05, 3.63) is 0 Å². The van der Waals surface area contributed by atoms with E-state index in [1.54, 1.807) is 11.8 Å². The second kappa shape index (κ2) is 9.93. The maximum Gasteiger partial charge on any atom is 0.236 e. The van der Waals surface area contributed by atoms with Gasteiger partial charge in [0.05, 0.1) is 12.1 Å². The zero-order valence-corrected chi connectivity index (χ0v) is 11.3. The molecule has 0 rings (SSSR count). The van der Waals surface area contributed by atoms with E-state index in [2.05, 4.69) is 5.32 Å². The lowest BCUT2D eigenvalue weighted by molar-refractivity contribution is -0.122. The summed E-state index contributed by atoms with van der Waals surface area (Å²) in [4.78, 5) is 11.5. The summed E-state index contributed by atoms with van der Waals surface area (Å²) in [7, 11) is 0. The second-order valence-electron chi connectivity index (χ2n) is 3.95. The van der Waals surface area contributed by atoms with Crippen LogP contribution in [0.15, 0.2) is 0 Å². The van der Waals surface area contributed by atoms with Gasteiger partial charge in [0.2, 0.25) is 5.91 Å². The lowest BCUT2D eigenvalue weighted by Gasteiger charge is -2.12. The molecule has 0 aromatic rings. The first-order chi connectivity index (χ1) is 7.57. The Morgan fingerprint density at radius 3 is 2.75 bits per heavy atom. The first kappa shape index (κ1) is 15.7. The van der Waals surface area contributed by atoms with Crippen molar-refractivity contribution in [2.24, 2.45) is 5.73 Å². The first-order valence-corrected chi connectivity index (χ1v) is 7.11. The third-order valence-corrected chi connectivity index (χ3v) is 2.69. The molecule has 0 saturated heterocycles. The van der Waals surface area contributed by atoms with Gasteiger partial charge in [0.1, 0.15) is 0 Å². The number of rotatable bonds is 9. The Bertz CT molecular complexity index is 189. The van der Waals surface area contributed by atoms with Crippen molar-refractivity contribution in [3.8, 4) is 0 Å². The van der Waals surface area contributed by atoms with Gasteiger partial charge in [0, 0.05) is 13.2 Å². The van der Waals surface area contributed by atoms with Crippen molar-refractivity contribution >= 4 is 17.7 Å². The van der Waals surface area contributed by atoms with Gasteiger partial charge < -0.3 is 15.8 Å². The van der Waals surface area contributed by atoms with Gasteiger partial charge in [0.25, 0.3) is 0 Å². The summed E-state index contributed by atoms with van der Waals surface area (Å²) >= 11 is 1.70. The van der Waals surface area contributed by atoms with Crippen LogP contribution >= 0.6 is 11.8 Å². The lowest BCUT2D eigenvalue weighted by atomic mass is 10.2. The van der Waals surface area contributed by atoms with E-state index in [-0.39, 0.29) is 18.1 Å². The van der Waals surface area contributed by atoms with E-state index in [0.717, 1.165) is 18.6 Å². The summed E-state index contributed by atoms with van der Waals surface area (Å²) in [6.07, 6.45) is 3.82. The van der Waals surface area contributed by atoms with Gasteiger partial charge in [-0.1, -0.05) is 0 Å². The molecule has 96 valence electrons. The molecule has 0 aromatic carbocycles. The second-order valence-corrected chi connectivity index (χ2v) is 4.94. The van der Waals surface area contributed by atoms with Crippen molar-refractivity contribution in [2.75, 3.05) is 25.2 Å². The van der Waals surface area contributed by atoms with Crippen LogP contribution in [0.2, 0.25) is 0 Å². The fourth-order valence-electron chi connectivity index (χ4n) is 1.11. The normalized spacial score (nSPS) is 12.8. The molecule has 0 fully saturated rings. The van der Waals surface area contributed by atoms with E-state index in [9.17, 15) is 4.79 Å². The molecule has 0 aliphatic rings. The van der Waals surface area contributed by atoms with Crippen LogP contribution in [0, 0.1) is 0 Å². The van der Waals surface area contributed by atoms with E-state index < -0.39 is 0 Å². The molecule has 1 atom stereocenters. The van der Waals surface area contributed by atoms with Crippen molar-refractivity contribution in [2.45, 2.75) is 38.8 Å². The lowest BCUT2D eigenvalue weighted by Crippen LogP contribution is -2.41. The molecule has 0 bridgehead atoms. The van der Waals surface area contributed by atoms with Crippen LogP contribution in [-0.2, 0) is 9.53 Å². The number of nitrogens with one attached hydrogen (secondary N) is 1. The van der Waals surface area contributed by atoms with Crippen LogP contribution in [0.25, 0.3) is 0 Å². The number of amides is 1. The SMILES string of the molecule is CSCC[C@H](N)C(=O)NCCCOC(C)C. The highest BCUT2D eigenvalue weighted by atomic mass is 32.2. The van der Waals surface area contributed by atoms with Crippen LogP contribution in [0.4, 0.5) is 0 Å². The standard InChI is InChI=1S/C11H24N2O2S/c1-9(2)15-7-4-6-13-11(14)10(12)5-8-16-3/h9-10H,4-8,12H2,1-3H3,(H,13,14)/t10-/m0/s1. The van der Waals surface area contributed by atoms with Crippen LogP contribution in [0.5, 0.6) is 0 Å². The molecule has 0 unspecified atom stereocenters. The maximum absolute atomic E-state index is 11.5. The Morgan fingerprint density at radius 2 is 2.19 bits per heavy atom. The van der Waals surface area contributed by atoms with Gasteiger partial charge in [-0.15, -0.1) is 0 Å². The predicted octanol–water partition coefficient (Wildman–Crippen LogP) is 0.998. The summed E-state index contributed by atoms with van der Waals surface area (Å²) in [5.74, 6) is 0.865. The van der Waals surface area contributed by atoms with Crippen molar-refractivity contribution in [3.63, 3.8) is 0 Å². The molecule has 3 N–H and O–H groups in total. The molecule has 5 heteroatoms. The number of hydrogen-bond acceptors (Lipinski definition) is 4. The van der Waals surface area contributed by atoms with Crippen molar-refractivity contribution in [1.82, 2.24) is 5.32 Å². The molecule has 0 aliphatic carbocycles. The molecule has 0 aliphatic heterocycles. The molecular formula is C11H24N2O2S. The third-order valence-electron chi connectivity index (χ3n) is 2.04. The zero-order valence-electron chi connectivity index (χ0n) is 10.5. The monoisotopic (exact) mass is 248 g/mol. The molecule has 0 aromatic heterocycles. The molecule has 0 radical (unpaired) electrons. The quantitative estimate of drug-likeness (QED) is 0.598. The van der Waals surface area contributed by atoms with E-state index in [0.29, 0.717) is 13.2 Å². The molecule has 16 heavy (non-hydrogen) atoms. The topological polar surface area (TPSA) is 64.4 Å². The molecule has 0 heterocycles. The number of nitrogens with two attached hydrogens (primary N) is 1. The van der Waals surface area contributed by atoms with Crippen LogP contribution < -0.4 is 11.1 Å². The maximum atomic E-state index is 11.5. The van der Waals surface area contributed by atoms with Gasteiger partial charge >= 0.3 is 0 Å². The molecule has 0 spiro atoms. The van der Waals surface area contributed by atoms with Gasteiger partial charge in [0.15, 0.2) is 0 Å². The van der Waals surface area contributed by atoms with Gasteiger partial charge in [-0.3, -0.25) is 4.79 Å². The Kier molecular flexibility index (Phi) is 9.77. The minimum Gasteiger partial charge on any atom is -0.379 e. The van der Waals surface area contributed by atoms with Crippen LogP contribution in [0.1, 0.15) is 26.7 Å². The zero-order chi connectivity index (χ0) is 12.4. The average Bonchev–Trinajstić information content (AvgIpc) is 2.24. The largest absolute Gasteiger partial charge is 0.379 e. The Morgan fingerprint density at radius 1 is 1.50 bits per heavy atom. The van der Waals surface area contributed by atoms with E-state index in [1.165, 1.54) is 0 Å². The number of carbonyl (C=O) groups is 1. The van der Waals surface area contributed by atoms with E-state index in [1.807, 2.05) is 20.1 Å². The van der Waals surface area contributed by atoms with Crippen LogP contribution in [-0.4, -0.2) is 43.2 Å². The average molecular weight is 248 g/mol. The Balaban J connectivity index is 3.42. The first-order valence-electron chi connectivity index (χ1n) is 5.71. The highest BCUT2D eigenvalue weighted by Gasteiger charge is 2.11. The van der Waals surface area contributed by atoms with E-state index >= 15 is 0 Å². The Hall–Kier alpha value is -0.260. The highest BCUT2D eigenvalue weighted by molar-refractivity contribution is 7.98. The smallest absolute Gasteiger partial charge is 0.236 e.